The van der Waals surface area contributed by atoms with Crippen LogP contribution in [0.25, 0.3) is 0 Å². The average Bonchev–Trinajstić information content (AvgIpc) is 2.10. The number of amides is 1. The fourth-order valence-electron chi connectivity index (χ4n) is 1.08. The molecule has 0 fully saturated rings. The maximum absolute atomic E-state index is 11.3. The van der Waals surface area contributed by atoms with Crippen molar-refractivity contribution in [2.24, 2.45) is 0 Å². The summed E-state index contributed by atoms with van der Waals surface area (Å²) in [6, 6.07) is 0. The predicted molar refractivity (Wildman–Crippen MR) is 64.6 cm³/mol. The van der Waals surface area contributed by atoms with Gasteiger partial charge in [-0.05, 0) is 6.42 Å². The molecule has 0 aromatic rings. The monoisotopic (exact) mass is 213 g/mol. The smallest absolute Gasteiger partial charge is 0.224 e. The van der Waals surface area contributed by atoms with Crippen molar-refractivity contribution in [1.29, 1.82) is 0 Å². The minimum atomic E-state index is 0.121. The summed E-state index contributed by atoms with van der Waals surface area (Å²) in [4.78, 5) is 11.3. The second-order valence-corrected chi connectivity index (χ2v) is 4.83. The molecule has 0 heterocycles. The number of carbonyl (C=O) groups is 1. The lowest BCUT2D eigenvalue weighted by atomic mass is 10.3. The lowest BCUT2D eigenvalue weighted by Crippen LogP contribution is -2.41. The molecule has 0 aliphatic rings. The third kappa shape index (κ3) is 11.1. The lowest BCUT2D eigenvalue weighted by Gasteiger charge is -2.23. The highest BCUT2D eigenvalue weighted by atomic mass is 16.1. The zero-order valence-electron chi connectivity index (χ0n) is 10.5. The number of nitrogens with one attached hydrogen (secondary N) is 1. The standard InChI is InChI=1S/C12H24N2O/c1-5-6-7-8-9-12(15)13-10-11-14(2,3)4/h7-8H,5-6,9-11H2,1-4H3/p+1/b8-7+. The maximum Gasteiger partial charge on any atom is 0.224 e. The number of rotatable bonds is 7. The van der Waals surface area contributed by atoms with E-state index in [-0.39, 0.29) is 5.91 Å². The number of hydrogen-bond donors (Lipinski definition) is 1. The summed E-state index contributed by atoms with van der Waals surface area (Å²) in [5, 5.41) is 2.91. The zero-order chi connectivity index (χ0) is 11.7. The highest BCUT2D eigenvalue weighted by Crippen LogP contribution is 1.91. The molecule has 1 N–H and O–H groups in total. The number of quaternary nitrogens is 1. The average molecular weight is 213 g/mol. The Bertz CT molecular complexity index is 204. The van der Waals surface area contributed by atoms with Crippen LogP contribution in [0.4, 0.5) is 0 Å². The van der Waals surface area contributed by atoms with Crippen molar-refractivity contribution >= 4 is 5.91 Å². The highest BCUT2D eigenvalue weighted by molar-refractivity contribution is 5.77. The van der Waals surface area contributed by atoms with E-state index in [4.69, 9.17) is 0 Å². The van der Waals surface area contributed by atoms with Crippen molar-refractivity contribution in [3.05, 3.63) is 12.2 Å². The van der Waals surface area contributed by atoms with Gasteiger partial charge in [0.05, 0.1) is 34.2 Å². The molecule has 0 atom stereocenters. The molecule has 0 aromatic carbocycles. The lowest BCUT2D eigenvalue weighted by molar-refractivity contribution is -0.869. The number of unbranched alkanes of at least 4 members (excludes halogenated alkanes) is 1. The van der Waals surface area contributed by atoms with Crippen LogP contribution in [0.3, 0.4) is 0 Å². The zero-order valence-corrected chi connectivity index (χ0v) is 10.5. The molecule has 0 bridgehead atoms. The first kappa shape index (κ1) is 14.2. The van der Waals surface area contributed by atoms with Gasteiger partial charge in [0, 0.05) is 6.42 Å². The molecule has 0 saturated carbocycles. The molecular weight excluding hydrogens is 188 g/mol. The van der Waals surface area contributed by atoms with Crippen molar-refractivity contribution in [3.8, 4) is 0 Å². The summed E-state index contributed by atoms with van der Waals surface area (Å²) in [5.74, 6) is 0.121. The quantitative estimate of drug-likeness (QED) is 0.504. The van der Waals surface area contributed by atoms with Gasteiger partial charge in [0.15, 0.2) is 0 Å². The van der Waals surface area contributed by atoms with Gasteiger partial charge in [-0.15, -0.1) is 0 Å². The van der Waals surface area contributed by atoms with E-state index in [1.807, 2.05) is 6.08 Å². The summed E-state index contributed by atoms with van der Waals surface area (Å²) in [6.07, 6.45) is 6.73. The number of carbonyl (C=O) groups excluding carboxylic acids is 1. The van der Waals surface area contributed by atoms with Gasteiger partial charge in [-0.2, -0.15) is 0 Å². The fraction of sp³-hybridized carbons (Fsp3) is 0.750. The molecular formula is C12H25N2O+. The third-order valence-corrected chi connectivity index (χ3v) is 2.03. The third-order valence-electron chi connectivity index (χ3n) is 2.03. The highest BCUT2D eigenvalue weighted by Gasteiger charge is 2.06. The van der Waals surface area contributed by atoms with E-state index in [0.717, 1.165) is 30.4 Å². The van der Waals surface area contributed by atoms with Crippen LogP contribution in [0.1, 0.15) is 26.2 Å². The maximum atomic E-state index is 11.3. The van der Waals surface area contributed by atoms with Crippen molar-refractivity contribution in [2.45, 2.75) is 26.2 Å². The Labute approximate surface area is 93.7 Å². The molecule has 0 rings (SSSR count). The largest absolute Gasteiger partial charge is 0.350 e. The summed E-state index contributed by atoms with van der Waals surface area (Å²) >= 11 is 0. The second-order valence-electron chi connectivity index (χ2n) is 4.83. The molecule has 0 aromatic heterocycles. The van der Waals surface area contributed by atoms with E-state index in [2.05, 4.69) is 39.5 Å². The van der Waals surface area contributed by atoms with Crippen LogP contribution in [0, 0.1) is 0 Å². The number of nitrogens with zero attached hydrogens (tertiary/aromatic N) is 1. The van der Waals surface area contributed by atoms with Crippen LogP contribution in [0.2, 0.25) is 0 Å². The van der Waals surface area contributed by atoms with Crippen molar-refractivity contribution in [2.75, 3.05) is 34.2 Å². The minimum absolute atomic E-state index is 0.121. The number of hydrogen-bond acceptors (Lipinski definition) is 1. The van der Waals surface area contributed by atoms with Crippen molar-refractivity contribution < 1.29 is 9.28 Å². The Morgan fingerprint density at radius 1 is 1.27 bits per heavy atom. The van der Waals surface area contributed by atoms with Gasteiger partial charge < -0.3 is 9.80 Å². The van der Waals surface area contributed by atoms with Crippen LogP contribution in [0.5, 0.6) is 0 Å². The van der Waals surface area contributed by atoms with Gasteiger partial charge >= 0.3 is 0 Å². The van der Waals surface area contributed by atoms with E-state index < -0.39 is 0 Å². The Morgan fingerprint density at radius 3 is 2.47 bits per heavy atom. The summed E-state index contributed by atoms with van der Waals surface area (Å²) < 4.78 is 0.881. The molecule has 1 amide bonds. The molecule has 15 heavy (non-hydrogen) atoms. The molecule has 0 saturated heterocycles. The van der Waals surface area contributed by atoms with Gasteiger partial charge in [-0.1, -0.05) is 25.5 Å². The SMILES string of the molecule is CCC/C=C/CC(=O)NCC[N+](C)(C)C. The Kier molecular flexibility index (Phi) is 7.05. The Hall–Kier alpha value is -0.830. The molecule has 3 nitrogen and oxygen atoms in total. The topological polar surface area (TPSA) is 29.1 Å². The molecule has 3 heteroatoms. The van der Waals surface area contributed by atoms with Crippen LogP contribution >= 0.6 is 0 Å². The van der Waals surface area contributed by atoms with E-state index >= 15 is 0 Å². The first-order valence-electron chi connectivity index (χ1n) is 5.68. The molecule has 0 aliphatic carbocycles. The number of likely N-dealkylation sites (N-methyl/N-ethyl adjacent to an activating group) is 1. The Balaban J connectivity index is 3.50. The van der Waals surface area contributed by atoms with Crippen LogP contribution in [-0.4, -0.2) is 44.6 Å². The van der Waals surface area contributed by atoms with Crippen molar-refractivity contribution in [3.63, 3.8) is 0 Å². The van der Waals surface area contributed by atoms with Gasteiger partial charge in [-0.3, -0.25) is 4.79 Å². The Morgan fingerprint density at radius 2 is 1.93 bits per heavy atom. The first-order valence-corrected chi connectivity index (χ1v) is 5.68. The van der Waals surface area contributed by atoms with Crippen LogP contribution < -0.4 is 5.32 Å². The number of allylic oxidation sites excluding steroid dienone is 1. The van der Waals surface area contributed by atoms with E-state index in [9.17, 15) is 4.79 Å². The molecule has 0 aliphatic heterocycles. The molecule has 88 valence electrons. The van der Waals surface area contributed by atoms with E-state index in [1.165, 1.54) is 0 Å². The van der Waals surface area contributed by atoms with Crippen LogP contribution in [0.15, 0.2) is 12.2 Å². The molecule has 0 spiro atoms. The second kappa shape index (κ2) is 7.46. The van der Waals surface area contributed by atoms with Crippen molar-refractivity contribution in [1.82, 2.24) is 5.32 Å². The van der Waals surface area contributed by atoms with Crippen LogP contribution in [-0.2, 0) is 4.79 Å². The summed E-state index contributed by atoms with van der Waals surface area (Å²) in [5.41, 5.74) is 0. The molecule has 0 unspecified atom stereocenters. The van der Waals surface area contributed by atoms with Gasteiger partial charge in [0.1, 0.15) is 0 Å². The summed E-state index contributed by atoms with van der Waals surface area (Å²) in [6.45, 7) is 3.85. The fourth-order valence-corrected chi connectivity index (χ4v) is 1.08. The van der Waals surface area contributed by atoms with E-state index in [1.54, 1.807) is 0 Å². The van der Waals surface area contributed by atoms with Gasteiger partial charge in [0.25, 0.3) is 0 Å². The van der Waals surface area contributed by atoms with Gasteiger partial charge in [0.2, 0.25) is 5.91 Å². The first-order chi connectivity index (χ1) is 6.95. The van der Waals surface area contributed by atoms with E-state index in [0.29, 0.717) is 6.42 Å². The minimum Gasteiger partial charge on any atom is -0.350 e. The summed E-state index contributed by atoms with van der Waals surface area (Å²) in [7, 11) is 6.36. The molecule has 0 radical (unpaired) electrons. The normalized spacial score (nSPS) is 12.0. The van der Waals surface area contributed by atoms with Gasteiger partial charge in [-0.25, -0.2) is 0 Å². The predicted octanol–water partition coefficient (Wildman–Crippen LogP) is 1.56.